The first kappa shape index (κ1) is 18.4. The Labute approximate surface area is 168 Å². The summed E-state index contributed by atoms with van der Waals surface area (Å²) in [5, 5.41) is 3.03. The summed E-state index contributed by atoms with van der Waals surface area (Å²) in [5.74, 6) is -0.00779. The van der Waals surface area contributed by atoms with Gasteiger partial charge in [0.2, 0.25) is 0 Å². The van der Waals surface area contributed by atoms with Gasteiger partial charge in [-0.05, 0) is 47.8 Å². The molecule has 1 amide bonds. The Morgan fingerprint density at radius 1 is 1.11 bits per heavy atom. The van der Waals surface area contributed by atoms with Crippen molar-refractivity contribution in [1.29, 1.82) is 0 Å². The predicted molar refractivity (Wildman–Crippen MR) is 116 cm³/mol. The van der Waals surface area contributed by atoms with E-state index in [1.165, 1.54) is 17.0 Å². The zero-order valence-corrected chi connectivity index (χ0v) is 17.1. The van der Waals surface area contributed by atoms with E-state index < -0.39 is 0 Å². The van der Waals surface area contributed by atoms with E-state index in [9.17, 15) is 4.79 Å². The van der Waals surface area contributed by atoms with E-state index in [-0.39, 0.29) is 11.3 Å². The molecule has 0 unspecified atom stereocenters. The van der Waals surface area contributed by atoms with Gasteiger partial charge < -0.3 is 9.88 Å². The SMILES string of the molecule is CC(C)(C)c1cc2cc(N(Cc3ccccn3)C(=O)c3cccs3)ccc2[nH]1. The minimum Gasteiger partial charge on any atom is -0.358 e. The Hall–Kier alpha value is -2.92. The lowest BCUT2D eigenvalue weighted by Crippen LogP contribution is -2.30. The summed E-state index contributed by atoms with van der Waals surface area (Å²) in [7, 11) is 0. The number of nitrogens with one attached hydrogen (secondary N) is 1. The van der Waals surface area contributed by atoms with Crippen molar-refractivity contribution in [2.75, 3.05) is 4.90 Å². The first-order valence-corrected chi connectivity index (χ1v) is 10.2. The summed E-state index contributed by atoms with van der Waals surface area (Å²) in [6.07, 6.45) is 1.76. The Morgan fingerprint density at radius 2 is 1.96 bits per heavy atom. The smallest absolute Gasteiger partial charge is 0.268 e. The maximum atomic E-state index is 13.2. The summed E-state index contributed by atoms with van der Waals surface area (Å²) in [6.45, 7) is 6.99. The number of carbonyl (C=O) groups excluding carboxylic acids is 1. The summed E-state index contributed by atoms with van der Waals surface area (Å²) < 4.78 is 0. The number of carbonyl (C=O) groups is 1. The van der Waals surface area contributed by atoms with E-state index in [1.807, 2.05) is 47.8 Å². The van der Waals surface area contributed by atoms with Gasteiger partial charge in [0.15, 0.2) is 0 Å². The van der Waals surface area contributed by atoms with Crippen molar-refractivity contribution in [3.63, 3.8) is 0 Å². The zero-order valence-electron chi connectivity index (χ0n) is 16.3. The molecule has 0 saturated carbocycles. The van der Waals surface area contributed by atoms with Crippen LogP contribution in [-0.2, 0) is 12.0 Å². The van der Waals surface area contributed by atoms with Gasteiger partial charge in [-0.15, -0.1) is 11.3 Å². The molecule has 4 rings (SSSR count). The van der Waals surface area contributed by atoms with Gasteiger partial charge in [-0.25, -0.2) is 0 Å². The molecule has 0 fully saturated rings. The number of hydrogen-bond acceptors (Lipinski definition) is 3. The van der Waals surface area contributed by atoms with Crippen LogP contribution in [0.5, 0.6) is 0 Å². The van der Waals surface area contributed by atoms with Gasteiger partial charge in [0.05, 0.1) is 17.1 Å². The molecule has 0 spiro atoms. The molecule has 4 aromatic rings. The lowest BCUT2D eigenvalue weighted by atomic mass is 9.92. The van der Waals surface area contributed by atoms with Gasteiger partial charge in [0.25, 0.3) is 5.91 Å². The molecule has 0 atom stereocenters. The first-order valence-electron chi connectivity index (χ1n) is 9.30. The quantitative estimate of drug-likeness (QED) is 0.482. The average molecular weight is 390 g/mol. The highest BCUT2D eigenvalue weighted by Gasteiger charge is 2.21. The van der Waals surface area contributed by atoms with Crippen LogP contribution in [0.1, 0.15) is 41.8 Å². The maximum absolute atomic E-state index is 13.2. The van der Waals surface area contributed by atoms with E-state index >= 15 is 0 Å². The number of thiophene rings is 1. The minimum absolute atomic E-state index is 0.00779. The first-order chi connectivity index (χ1) is 13.4. The molecular formula is C23H23N3OS. The molecule has 28 heavy (non-hydrogen) atoms. The molecule has 0 radical (unpaired) electrons. The van der Waals surface area contributed by atoms with Crippen LogP contribution in [0.2, 0.25) is 0 Å². The van der Waals surface area contributed by atoms with Gasteiger partial charge in [-0.1, -0.05) is 32.9 Å². The van der Waals surface area contributed by atoms with E-state index in [0.717, 1.165) is 27.2 Å². The summed E-state index contributed by atoms with van der Waals surface area (Å²) >= 11 is 1.46. The molecule has 1 aromatic carbocycles. The molecular weight excluding hydrogens is 366 g/mol. The van der Waals surface area contributed by atoms with Crippen molar-refractivity contribution in [1.82, 2.24) is 9.97 Å². The Bertz CT molecular complexity index is 1090. The number of rotatable bonds is 4. The molecule has 3 heterocycles. The topological polar surface area (TPSA) is 49.0 Å². The number of amides is 1. The van der Waals surface area contributed by atoms with E-state index in [0.29, 0.717) is 6.54 Å². The molecule has 0 bridgehead atoms. The predicted octanol–water partition coefficient (Wildman–Crippen LogP) is 5.77. The fourth-order valence-electron chi connectivity index (χ4n) is 3.16. The normalized spacial score (nSPS) is 11.7. The molecule has 0 aliphatic rings. The number of aromatic nitrogens is 2. The van der Waals surface area contributed by atoms with Crippen molar-refractivity contribution in [2.24, 2.45) is 0 Å². The monoisotopic (exact) mass is 389 g/mol. The number of pyridine rings is 1. The van der Waals surface area contributed by atoms with Crippen molar-refractivity contribution < 1.29 is 4.79 Å². The Balaban J connectivity index is 1.75. The lowest BCUT2D eigenvalue weighted by Gasteiger charge is -2.22. The third-order valence-corrected chi connectivity index (χ3v) is 5.61. The molecule has 0 aliphatic heterocycles. The van der Waals surface area contributed by atoms with Crippen LogP contribution in [0.25, 0.3) is 10.9 Å². The average Bonchev–Trinajstić information content (AvgIpc) is 3.35. The van der Waals surface area contributed by atoms with Crippen LogP contribution in [-0.4, -0.2) is 15.9 Å². The Kier molecular flexibility index (Phi) is 4.77. The molecule has 142 valence electrons. The van der Waals surface area contributed by atoms with Gasteiger partial charge in [-0.3, -0.25) is 9.78 Å². The number of H-pyrrole nitrogens is 1. The lowest BCUT2D eigenvalue weighted by molar-refractivity contribution is 0.0988. The second kappa shape index (κ2) is 7.24. The maximum Gasteiger partial charge on any atom is 0.268 e. The van der Waals surface area contributed by atoms with E-state index in [2.05, 4.69) is 42.9 Å². The van der Waals surface area contributed by atoms with E-state index in [4.69, 9.17) is 0 Å². The Morgan fingerprint density at radius 3 is 2.64 bits per heavy atom. The van der Waals surface area contributed by atoms with Crippen LogP contribution in [0, 0.1) is 0 Å². The summed E-state index contributed by atoms with van der Waals surface area (Å²) in [6, 6.07) is 17.8. The highest BCUT2D eigenvalue weighted by atomic mass is 32.1. The van der Waals surface area contributed by atoms with Crippen molar-refractivity contribution in [3.05, 3.63) is 82.4 Å². The molecule has 4 nitrogen and oxygen atoms in total. The highest BCUT2D eigenvalue weighted by molar-refractivity contribution is 7.12. The zero-order chi connectivity index (χ0) is 19.7. The fraction of sp³-hybridized carbons (Fsp3) is 0.217. The summed E-state index contributed by atoms with van der Waals surface area (Å²) in [4.78, 5) is 23.6. The molecule has 1 N–H and O–H groups in total. The second-order valence-electron chi connectivity index (χ2n) is 7.89. The van der Waals surface area contributed by atoms with Gasteiger partial charge in [0.1, 0.15) is 0 Å². The van der Waals surface area contributed by atoms with Crippen molar-refractivity contribution in [3.8, 4) is 0 Å². The standard InChI is InChI=1S/C23H23N3OS/c1-23(2,3)21-14-16-13-18(9-10-19(16)25-21)26(15-17-7-4-5-11-24-17)22(27)20-8-6-12-28-20/h4-14,25H,15H2,1-3H3. The third-order valence-electron chi connectivity index (χ3n) is 4.75. The van der Waals surface area contributed by atoms with Gasteiger partial charge >= 0.3 is 0 Å². The van der Waals surface area contributed by atoms with Gasteiger partial charge in [0, 0.05) is 33.9 Å². The number of fused-ring (bicyclic) bond motifs is 1. The van der Waals surface area contributed by atoms with Gasteiger partial charge in [-0.2, -0.15) is 0 Å². The molecule has 3 aromatic heterocycles. The molecule has 0 saturated heterocycles. The minimum atomic E-state index is -0.00779. The third kappa shape index (κ3) is 3.71. The number of anilines is 1. The summed E-state index contributed by atoms with van der Waals surface area (Å²) in [5.41, 5.74) is 4.03. The van der Waals surface area contributed by atoms with E-state index in [1.54, 1.807) is 11.1 Å². The molecule has 0 aliphatic carbocycles. The largest absolute Gasteiger partial charge is 0.358 e. The number of aromatic amines is 1. The number of hydrogen-bond donors (Lipinski definition) is 1. The fourth-order valence-corrected chi connectivity index (χ4v) is 3.83. The number of nitrogens with zero attached hydrogens (tertiary/aromatic N) is 2. The van der Waals surface area contributed by atoms with Crippen LogP contribution >= 0.6 is 11.3 Å². The van der Waals surface area contributed by atoms with Crippen molar-refractivity contribution >= 4 is 33.8 Å². The van der Waals surface area contributed by atoms with Crippen LogP contribution < -0.4 is 4.90 Å². The van der Waals surface area contributed by atoms with Crippen LogP contribution in [0.15, 0.2) is 66.2 Å². The van der Waals surface area contributed by atoms with Crippen LogP contribution in [0.3, 0.4) is 0 Å². The van der Waals surface area contributed by atoms with Crippen LogP contribution in [0.4, 0.5) is 5.69 Å². The van der Waals surface area contributed by atoms with Crippen molar-refractivity contribution in [2.45, 2.75) is 32.7 Å². The molecule has 5 heteroatoms. The number of benzene rings is 1. The highest BCUT2D eigenvalue weighted by Crippen LogP contribution is 2.30. The second-order valence-corrected chi connectivity index (χ2v) is 8.84.